The molecule has 1 amide bonds. The maximum atomic E-state index is 12.3. The fourth-order valence-electron chi connectivity index (χ4n) is 3.10. The van der Waals surface area contributed by atoms with E-state index in [0.717, 1.165) is 18.4 Å². The first-order valence-electron chi connectivity index (χ1n) is 9.61. The summed E-state index contributed by atoms with van der Waals surface area (Å²) < 4.78 is 0. The van der Waals surface area contributed by atoms with Crippen LogP contribution in [0.15, 0.2) is 16.5 Å². The summed E-state index contributed by atoms with van der Waals surface area (Å²) >= 11 is 1.65. The number of carbonyl (C=O) groups excluding carboxylic acids is 1. The van der Waals surface area contributed by atoms with Gasteiger partial charge in [0.15, 0.2) is 0 Å². The van der Waals surface area contributed by atoms with Crippen LogP contribution in [-0.2, 0) is 0 Å². The van der Waals surface area contributed by atoms with Gasteiger partial charge < -0.3 is 0 Å². The van der Waals surface area contributed by atoms with E-state index in [4.69, 9.17) is 0 Å². The highest BCUT2D eigenvalue weighted by molar-refractivity contribution is 7.10. The van der Waals surface area contributed by atoms with Crippen LogP contribution in [0.4, 0.5) is 0 Å². The Morgan fingerprint density at radius 3 is 2.04 bits per heavy atom. The Bertz CT molecular complexity index is 519. The van der Waals surface area contributed by atoms with Crippen molar-refractivity contribution in [2.45, 2.75) is 90.4 Å². The number of nitrogens with one attached hydrogen (secondary N) is 1. The second-order valence-corrected chi connectivity index (χ2v) is 8.14. The third-order valence-electron chi connectivity index (χ3n) is 4.70. The van der Waals surface area contributed by atoms with Gasteiger partial charge in [0.1, 0.15) is 0 Å². The Kier molecular flexibility index (Phi) is 8.51. The summed E-state index contributed by atoms with van der Waals surface area (Å²) in [5.74, 6) is 0.394. The monoisotopic (exact) mass is 348 g/mol. The highest BCUT2D eigenvalue weighted by atomic mass is 32.1. The molecule has 0 aliphatic heterocycles. The Morgan fingerprint density at radius 1 is 1.00 bits per heavy atom. The molecule has 0 bridgehead atoms. The number of hydrogen-bond acceptors (Lipinski definition) is 3. The highest BCUT2D eigenvalue weighted by Gasteiger charge is 2.11. The molecule has 1 aliphatic carbocycles. The third kappa shape index (κ3) is 6.76. The van der Waals surface area contributed by atoms with Gasteiger partial charge in [-0.15, -0.1) is 11.3 Å². The van der Waals surface area contributed by atoms with Crippen molar-refractivity contribution in [3.05, 3.63) is 21.9 Å². The number of amides is 1. The van der Waals surface area contributed by atoms with Crippen molar-refractivity contribution < 1.29 is 4.79 Å². The largest absolute Gasteiger partial charge is 0.272 e. The van der Waals surface area contributed by atoms with Crippen LogP contribution in [-0.4, -0.2) is 11.6 Å². The predicted octanol–water partition coefficient (Wildman–Crippen LogP) is 6.26. The quantitative estimate of drug-likeness (QED) is 0.643. The molecule has 24 heavy (non-hydrogen) atoms. The smallest absolute Gasteiger partial charge is 0.267 e. The molecule has 134 valence electrons. The zero-order valence-electron chi connectivity index (χ0n) is 15.3. The third-order valence-corrected chi connectivity index (χ3v) is 5.93. The van der Waals surface area contributed by atoms with E-state index in [-0.39, 0.29) is 5.91 Å². The van der Waals surface area contributed by atoms with E-state index in [1.54, 1.807) is 11.3 Å². The Labute approximate surface area is 150 Å². The highest BCUT2D eigenvalue weighted by Crippen LogP contribution is 2.23. The Hall–Kier alpha value is -1.16. The van der Waals surface area contributed by atoms with Crippen LogP contribution >= 0.6 is 11.3 Å². The SMILES string of the molecule is CC(C)c1cc(C(=O)NN=C2CCCCCCCCCCC2)cs1. The van der Waals surface area contributed by atoms with E-state index in [2.05, 4.69) is 24.4 Å². The van der Waals surface area contributed by atoms with Crippen molar-refractivity contribution in [1.82, 2.24) is 5.43 Å². The van der Waals surface area contributed by atoms with Gasteiger partial charge in [-0.1, -0.05) is 58.8 Å². The van der Waals surface area contributed by atoms with E-state index in [1.807, 2.05) is 11.4 Å². The van der Waals surface area contributed by atoms with Gasteiger partial charge in [0.05, 0.1) is 5.56 Å². The lowest BCUT2D eigenvalue weighted by Gasteiger charge is -2.09. The van der Waals surface area contributed by atoms with Crippen molar-refractivity contribution in [3.8, 4) is 0 Å². The molecular weight excluding hydrogens is 316 g/mol. The number of rotatable bonds is 3. The molecule has 1 aromatic heterocycles. The summed E-state index contributed by atoms with van der Waals surface area (Å²) in [5, 5.41) is 6.40. The zero-order valence-corrected chi connectivity index (χ0v) is 16.1. The molecule has 4 heteroatoms. The maximum Gasteiger partial charge on any atom is 0.272 e. The van der Waals surface area contributed by atoms with E-state index in [1.165, 1.54) is 68.4 Å². The van der Waals surface area contributed by atoms with Crippen LogP contribution in [0, 0.1) is 0 Å². The van der Waals surface area contributed by atoms with Crippen LogP contribution in [0.1, 0.15) is 106 Å². The van der Waals surface area contributed by atoms with Crippen LogP contribution < -0.4 is 5.43 Å². The minimum Gasteiger partial charge on any atom is -0.267 e. The predicted molar refractivity (Wildman–Crippen MR) is 104 cm³/mol. The topological polar surface area (TPSA) is 41.5 Å². The summed E-state index contributed by atoms with van der Waals surface area (Å²) in [6, 6.07) is 1.99. The van der Waals surface area contributed by atoms with Gasteiger partial charge in [-0.05, 0) is 37.7 Å². The normalized spacial score (nSPS) is 17.9. The van der Waals surface area contributed by atoms with Crippen molar-refractivity contribution in [2.75, 3.05) is 0 Å². The summed E-state index contributed by atoms with van der Waals surface area (Å²) in [6.45, 7) is 4.30. The second kappa shape index (κ2) is 10.7. The second-order valence-electron chi connectivity index (χ2n) is 7.19. The molecule has 1 fully saturated rings. The molecule has 2 rings (SSSR count). The standard InChI is InChI=1S/C20H32N2OS/c1-16(2)19-14-17(15-24-19)20(23)22-21-18-12-10-8-6-4-3-5-7-9-11-13-18/h14-16H,3-13H2,1-2H3,(H,22,23). The van der Waals surface area contributed by atoms with E-state index >= 15 is 0 Å². The molecule has 1 aromatic rings. The van der Waals surface area contributed by atoms with Gasteiger partial charge in [0, 0.05) is 16.0 Å². The van der Waals surface area contributed by atoms with Gasteiger partial charge in [-0.25, -0.2) is 5.43 Å². The Balaban J connectivity index is 1.89. The molecule has 3 nitrogen and oxygen atoms in total. The lowest BCUT2D eigenvalue weighted by atomic mass is 10.00. The zero-order chi connectivity index (χ0) is 17.2. The molecule has 1 N–H and O–H groups in total. The molecule has 0 saturated heterocycles. The fraction of sp³-hybridized carbons (Fsp3) is 0.700. The number of hydrogen-bond donors (Lipinski definition) is 1. The van der Waals surface area contributed by atoms with E-state index in [9.17, 15) is 4.79 Å². The van der Waals surface area contributed by atoms with Crippen molar-refractivity contribution in [3.63, 3.8) is 0 Å². The summed E-state index contributed by atoms with van der Waals surface area (Å²) in [4.78, 5) is 13.5. The lowest BCUT2D eigenvalue weighted by molar-refractivity contribution is 0.0955. The van der Waals surface area contributed by atoms with Crippen LogP contribution in [0.2, 0.25) is 0 Å². The van der Waals surface area contributed by atoms with Gasteiger partial charge in [0.25, 0.3) is 5.91 Å². The molecule has 0 aromatic carbocycles. The molecule has 1 saturated carbocycles. The van der Waals surface area contributed by atoms with Gasteiger partial charge in [0.2, 0.25) is 0 Å². The molecule has 0 radical (unpaired) electrons. The molecule has 1 aliphatic rings. The maximum absolute atomic E-state index is 12.3. The molecule has 0 unspecified atom stereocenters. The first-order valence-corrected chi connectivity index (χ1v) is 10.5. The van der Waals surface area contributed by atoms with E-state index in [0.29, 0.717) is 5.92 Å². The van der Waals surface area contributed by atoms with Gasteiger partial charge in [-0.3, -0.25) is 4.79 Å². The average molecular weight is 349 g/mol. The molecule has 0 spiro atoms. The first-order chi connectivity index (χ1) is 11.7. The van der Waals surface area contributed by atoms with Crippen LogP contribution in [0.5, 0.6) is 0 Å². The Morgan fingerprint density at radius 2 is 1.54 bits per heavy atom. The number of thiophene rings is 1. The summed E-state index contributed by atoms with van der Waals surface area (Å²) in [6.07, 6.45) is 13.9. The van der Waals surface area contributed by atoms with Crippen molar-refractivity contribution in [2.24, 2.45) is 5.10 Å². The number of nitrogens with zero attached hydrogens (tertiary/aromatic N) is 1. The lowest BCUT2D eigenvalue weighted by Crippen LogP contribution is -2.19. The first kappa shape index (κ1) is 19.2. The minimum absolute atomic E-state index is 0.0724. The fourth-order valence-corrected chi connectivity index (χ4v) is 4.01. The average Bonchev–Trinajstić information content (AvgIpc) is 3.04. The van der Waals surface area contributed by atoms with Gasteiger partial charge >= 0.3 is 0 Å². The van der Waals surface area contributed by atoms with Crippen LogP contribution in [0.25, 0.3) is 0 Å². The summed E-state index contributed by atoms with van der Waals surface area (Å²) in [7, 11) is 0. The van der Waals surface area contributed by atoms with Crippen molar-refractivity contribution in [1.29, 1.82) is 0 Å². The molecular formula is C20H32N2OS. The van der Waals surface area contributed by atoms with Crippen molar-refractivity contribution >= 4 is 23.0 Å². The molecule has 0 atom stereocenters. The van der Waals surface area contributed by atoms with Crippen LogP contribution in [0.3, 0.4) is 0 Å². The van der Waals surface area contributed by atoms with E-state index < -0.39 is 0 Å². The minimum atomic E-state index is -0.0724. The number of carbonyl (C=O) groups is 1. The number of hydrazone groups is 1. The van der Waals surface area contributed by atoms with Gasteiger partial charge in [-0.2, -0.15) is 5.10 Å². The molecule has 1 heterocycles. The summed E-state index contributed by atoms with van der Waals surface area (Å²) in [5.41, 5.74) is 4.70.